The minimum Gasteiger partial charge on any atom is -0.370 e. The molecule has 1 aromatic heterocycles. The van der Waals surface area contributed by atoms with Crippen LogP contribution >= 0.6 is 0 Å². The Balaban J connectivity index is 1.96. The highest BCUT2D eigenvalue weighted by Crippen LogP contribution is 2.30. The summed E-state index contributed by atoms with van der Waals surface area (Å²) in [6.45, 7) is 4.00. The van der Waals surface area contributed by atoms with Gasteiger partial charge < -0.3 is 10.2 Å². The molecular formula is C14H21N3O. The number of aromatic nitrogens is 1. The van der Waals surface area contributed by atoms with E-state index < -0.39 is 0 Å². The topological polar surface area (TPSA) is 45.2 Å². The van der Waals surface area contributed by atoms with Crippen LogP contribution in [0, 0.1) is 0 Å². The average Bonchev–Trinajstić information content (AvgIpc) is 2.88. The molecule has 0 radical (unpaired) electrons. The molecule has 0 aromatic carbocycles. The molecule has 1 amide bonds. The molecule has 0 saturated carbocycles. The molecular weight excluding hydrogens is 226 g/mol. The minimum atomic E-state index is 0.222. The van der Waals surface area contributed by atoms with Crippen LogP contribution in [0.4, 0.5) is 5.82 Å². The zero-order valence-corrected chi connectivity index (χ0v) is 10.9. The molecule has 4 heteroatoms. The van der Waals surface area contributed by atoms with E-state index in [1.807, 2.05) is 17.2 Å². The van der Waals surface area contributed by atoms with Crippen molar-refractivity contribution in [2.24, 2.45) is 0 Å². The number of likely N-dealkylation sites (tertiary alicyclic amines) is 1. The van der Waals surface area contributed by atoms with Gasteiger partial charge in [-0.1, -0.05) is 19.4 Å². The molecule has 1 saturated heterocycles. The van der Waals surface area contributed by atoms with Crippen molar-refractivity contribution in [2.45, 2.75) is 38.6 Å². The summed E-state index contributed by atoms with van der Waals surface area (Å²) in [4.78, 5) is 17.2. The number of hydrogen-bond acceptors (Lipinski definition) is 3. The second kappa shape index (κ2) is 6.38. The molecule has 1 unspecified atom stereocenters. The monoisotopic (exact) mass is 247 g/mol. The Labute approximate surface area is 108 Å². The molecule has 4 nitrogen and oxygen atoms in total. The number of carbonyl (C=O) groups excluding carboxylic acids is 1. The normalized spacial score (nSPS) is 18.9. The van der Waals surface area contributed by atoms with Crippen molar-refractivity contribution in [3.8, 4) is 0 Å². The first-order chi connectivity index (χ1) is 8.85. The zero-order chi connectivity index (χ0) is 12.8. The van der Waals surface area contributed by atoms with Gasteiger partial charge in [0.15, 0.2) is 0 Å². The van der Waals surface area contributed by atoms with E-state index in [2.05, 4.69) is 23.3 Å². The number of nitrogens with one attached hydrogen (secondary N) is 1. The van der Waals surface area contributed by atoms with Crippen LogP contribution in [0.5, 0.6) is 0 Å². The molecule has 2 heterocycles. The highest BCUT2D eigenvalue weighted by Gasteiger charge is 2.24. The van der Waals surface area contributed by atoms with Crippen molar-refractivity contribution in [2.75, 3.05) is 18.4 Å². The summed E-state index contributed by atoms with van der Waals surface area (Å²) in [7, 11) is 0. The van der Waals surface area contributed by atoms with Gasteiger partial charge in [0, 0.05) is 19.3 Å². The van der Waals surface area contributed by atoms with Crippen LogP contribution in [0.1, 0.15) is 44.2 Å². The maximum Gasteiger partial charge on any atom is 0.210 e. The summed E-state index contributed by atoms with van der Waals surface area (Å²) in [5.74, 6) is 0.919. The Morgan fingerprint density at radius 3 is 3.11 bits per heavy atom. The Morgan fingerprint density at radius 2 is 2.44 bits per heavy atom. The molecule has 1 atom stereocenters. The first kappa shape index (κ1) is 12.9. The molecule has 98 valence electrons. The SMILES string of the molecule is CCCCNc1ccc(C2CCCN2C=O)cn1. The average molecular weight is 247 g/mol. The van der Waals surface area contributed by atoms with Crippen molar-refractivity contribution >= 4 is 12.2 Å². The number of rotatable bonds is 6. The van der Waals surface area contributed by atoms with E-state index in [0.29, 0.717) is 0 Å². The Bertz CT molecular complexity index is 377. The van der Waals surface area contributed by atoms with Crippen molar-refractivity contribution in [3.63, 3.8) is 0 Å². The first-order valence-electron chi connectivity index (χ1n) is 6.76. The molecule has 1 fully saturated rings. The third kappa shape index (κ3) is 3.00. The zero-order valence-electron chi connectivity index (χ0n) is 10.9. The van der Waals surface area contributed by atoms with Crippen LogP contribution in [-0.4, -0.2) is 29.4 Å². The lowest BCUT2D eigenvalue weighted by Crippen LogP contribution is -2.21. The van der Waals surface area contributed by atoms with Gasteiger partial charge in [0.1, 0.15) is 5.82 Å². The van der Waals surface area contributed by atoms with Crippen molar-refractivity contribution < 1.29 is 4.79 Å². The molecule has 1 aliphatic rings. The van der Waals surface area contributed by atoms with E-state index in [1.54, 1.807) is 0 Å². The summed E-state index contributed by atoms with van der Waals surface area (Å²) in [6.07, 6.45) is 7.31. The molecule has 2 rings (SSSR count). The summed E-state index contributed by atoms with van der Waals surface area (Å²) < 4.78 is 0. The fourth-order valence-corrected chi connectivity index (χ4v) is 2.37. The van der Waals surface area contributed by atoms with E-state index >= 15 is 0 Å². The van der Waals surface area contributed by atoms with Gasteiger partial charge in [-0.25, -0.2) is 4.98 Å². The highest BCUT2D eigenvalue weighted by atomic mass is 16.1. The van der Waals surface area contributed by atoms with Crippen LogP contribution in [-0.2, 0) is 4.79 Å². The van der Waals surface area contributed by atoms with Crippen LogP contribution in [0.15, 0.2) is 18.3 Å². The van der Waals surface area contributed by atoms with Gasteiger partial charge in [-0.05, 0) is 30.9 Å². The molecule has 18 heavy (non-hydrogen) atoms. The molecule has 1 aliphatic heterocycles. The van der Waals surface area contributed by atoms with Crippen LogP contribution in [0.2, 0.25) is 0 Å². The predicted octanol–water partition coefficient (Wildman–Crippen LogP) is 2.59. The van der Waals surface area contributed by atoms with E-state index in [4.69, 9.17) is 0 Å². The van der Waals surface area contributed by atoms with Crippen LogP contribution in [0.3, 0.4) is 0 Å². The lowest BCUT2D eigenvalue weighted by Gasteiger charge is -2.20. The summed E-state index contributed by atoms with van der Waals surface area (Å²) in [6, 6.07) is 4.31. The van der Waals surface area contributed by atoms with Crippen LogP contribution in [0.25, 0.3) is 0 Å². The maximum absolute atomic E-state index is 10.9. The summed E-state index contributed by atoms with van der Waals surface area (Å²) in [5, 5.41) is 3.29. The fraction of sp³-hybridized carbons (Fsp3) is 0.571. The maximum atomic E-state index is 10.9. The quantitative estimate of drug-likeness (QED) is 0.621. The summed E-state index contributed by atoms with van der Waals surface area (Å²) >= 11 is 0. The Morgan fingerprint density at radius 1 is 1.56 bits per heavy atom. The largest absolute Gasteiger partial charge is 0.370 e. The lowest BCUT2D eigenvalue weighted by molar-refractivity contribution is -0.118. The van der Waals surface area contributed by atoms with E-state index in [9.17, 15) is 4.79 Å². The molecule has 0 spiro atoms. The van der Waals surface area contributed by atoms with Crippen molar-refractivity contribution in [1.82, 2.24) is 9.88 Å². The van der Waals surface area contributed by atoms with Gasteiger partial charge in [-0.3, -0.25) is 4.79 Å². The molecule has 0 bridgehead atoms. The third-order valence-corrected chi connectivity index (χ3v) is 3.44. The third-order valence-electron chi connectivity index (χ3n) is 3.44. The molecule has 1 aromatic rings. The first-order valence-corrected chi connectivity index (χ1v) is 6.76. The second-order valence-electron chi connectivity index (χ2n) is 4.76. The second-order valence-corrected chi connectivity index (χ2v) is 4.76. The van der Waals surface area contributed by atoms with Gasteiger partial charge >= 0.3 is 0 Å². The number of hydrogen-bond donors (Lipinski definition) is 1. The number of nitrogens with zero attached hydrogens (tertiary/aromatic N) is 2. The lowest BCUT2D eigenvalue weighted by atomic mass is 10.1. The van der Waals surface area contributed by atoms with Gasteiger partial charge in [0.05, 0.1) is 6.04 Å². The number of amides is 1. The van der Waals surface area contributed by atoms with E-state index in [-0.39, 0.29) is 6.04 Å². The number of unbranched alkanes of at least 4 members (excludes halogenated alkanes) is 1. The minimum absolute atomic E-state index is 0.222. The van der Waals surface area contributed by atoms with Gasteiger partial charge in [-0.2, -0.15) is 0 Å². The Kier molecular flexibility index (Phi) is 4.56. The predicted molar refractivity (Wildman–Crippen MR) is 72.4 cm³/mol. The Hall–Kier alpha value is -1.58. The fourth-order valence-electron chi connectivity index (χ4n) is 2.37. The van der Waals surface area contributed by atoms with E-state index in [0.717, 1.165) is 50.1 Å². The van der Waals surface area contributed by atoms with Gasteiger partial charge in [0.2, 0.25) is 6.41 Å². The van der Waals surface area contributed by atoms with Crippen molar-refractivity contribution in [1.29, 1.82) is 0 Å². The molecule has 1 N–H and O–H groups in total. The van der Waals surface area contributed by atoms with E-state index in [1.165, 1.54) is 6.42 Å². The smallest absolute Gasteiger partial charge is 0.210 e. The highest BCUT2D eigenvalue weighted by molar-refractivity contribution is 5.49. The van der Waals surface area contributed by atoms with Gasteiger partial charge in [-0.15, -0.1) is 0 Å². The number of pyridine rings is 1. The van der Waals surface area contributed by atoms with Crippen LogP contribution < -0.4 is 5.32 Å². The van der Waals surface area contributed by atoms with Crippen molar-refractivity contribution in [3.05, 3.63) is 23.9 Å². The molecule has 0 aliphatic carbocycles. The number of carbonyl (C=O) groups is 1. The standard InChI is InChI=1S/C14H21N3O/c1-2-3-8-15-14-7-6-12(10-16-14)13-5-4-9-17(13)11-18/h6-7,10-11,13H,2-5,8-9H2,1H3,(H,15,16). The van der Waals surface area contributed by atoms with Gasteiger partial charge in [0.25, 0.3) is 0 Å². The summed E-state index contributed by atoms with van der Waals surface area (Å²) in [5.41, 5.74) is 1.14. The number of anilines is 1.